The van der Waals surface area contributed by atoms with Gasteiger partial charge < -0.3 is 19.5 Å². The molecule has 2 aliphatic heterocycles. The highest BCUT2D eigenvalue weighted by Gasteiger charge is 2.59. The summed E-state index contributed by atoms with van der Waals surface area (Å²) in [7, 11) is 0.0943. The van der Waals surface area contributed by atoms with Crippen LogP contribution in [0.1, 0.15) is 69.6 Å². The van der Waals surface area contributed by atoms with Crippen LogP contribution in [-0.2, 0) is 19.0 Å². The number of phenols is 1. The van der Waals surface area contributed by atoms with Gasteiger partial charge in [-0.05, 0) is 92.1 Å². The van der Waals surface area contributed by atoms with Crippen LogP contribution in [-0.4, -0.2) is 53.3 Å². The van der Waals surface area contributed by atoms with Crippen LogP contribution in [0.15, 0.2) is 28.9 Å². The third-order valence-electron chi connectivity index (χ3n) is 8.48. The topological polar surface area (TPSA) is 113 Å². The first-order valence-corrected chi connectivity index (χ1v) is 14.0. The van der Waals surface area contributed by atoms with E-state index in [1.165, 1.54) is 5.57 Å². The van der Waals surface area contributed by atoms with Crippen molar-refractivity contribution in [3.8, 4) is 5.75 Å². The van der Waals surface area contributed by atoms with Crippen LogP contribution >= 0.6 is 0 Å². The van der Waals surface area contributed by atoms with Crippen LogP contribution in [0.2, 0.25) is 6.32 Å². The Morgan fingerprint density at radius 2 is 1.85 bits per heavy atom. The normalized spacial score (nSPS) is 25.4. The highest BCUT2D eigenvalue weighted by atomic mass is 16.5. The molecule has 2 saturated heterocycles. The van der Waals surface area contributed by atoms with Crippen molar-refractivity contribution in [2.45, 2.75) is 79.1 Å². The number of methoxy groups -OCH3 is 1. The second-order valence-corrected chi connectivity index (χ2v) is 11.5. The number of amides is 3. The lowest BCUT2D eigenvalue weighted by Crippen LogP contribution is -2.46. The van der Waals surface area contributed by atoms with Crippen LogP contribution in [0.25, 0.3) is 6.08 Å². The Balaban J connectivity index is 1.65. The number of hydrogen-bond acceptors (Lipinski definition) is 7. The van der Waals surface area contributed by atoms with Gasteiger partial charge >= 0.3 is 13.2 Å². The second-order valence-electron chi connectivity index (χ2n) is 11.5. The molecule has 1 aromatic carbocycles. The summed E-state index contributed by atoms with van der Waals surface area (Å²) in [6, 6.07) is 3.96. The predicted molar refractivity (Wildman–Crippen MR) is 149 cm³/mol. The number of likely N-dealkylation sites (tertiary alicyclic amines) is 1. The predicted octanol–water partition coefficient (Wildman–Crippen LogP) is 5.19. The average Bonchev–Trinajstić information content (AvgIpc) is 3.14. The first-order valence-electron chi connectivity index (χ1n) is 14.0. The van der Waals surface area contributed by atoms with Crippen molar-refractivity contribution in [1.29, 1.82) is 0 Å². The van der Waals surface area contributed by atoms with Crippen molar-refractivity contribution < 1.29 is 33.9 Å². The number of benzene rings is 1. The molecular weight excluding hydrogens is 497 g/mol. The standard InChI is InChI=1S/C30H40BNO7/c1-7-8-19(13-20-11-17(4)27(33)18(5)12-20)9-10-24-25-21(16(2)3)14-22-26(23(25)15-31(37)39-24)29(35)32(28(22)34)30(36)38-6/h11-13,16,22-24,26,33,37H,7-10,14-15H2,1-6H3/b19-13+/t22-,23+,24-,26-/m1/s1. The number of fused-ring (bicyclic) bond motifs is 3. The van der Waals surface area contributed by atoms with E-state index >= 15 is 0 Å². The SMILES string of the molecule is CCC/C(=C\c1cc(C)c(O)c(C)c1)CC[C@H]1OB(O)C[C@H]2C1=C(C(C)C)C[C@H]1C(=O)N(C(=O)OC)C(=O)[C@H]12. The van der Waals surface area contributed by atoms with Crippen LogP contribution in [0, 0.1) is 37.5 Å². The van der Waals surface area contributed by atoms with Crippen LogP contribution in [0.3, 0.4) is 0 Å². The third-order valence-corrected chi connectivity index (χ3v) is 8.48. The quantitative estimate of drug-likeness (QED) is 0.280. The molecule has 4 rings (SSSR count). The minimum Gasteiger partial charge on any atom is -0.507 e. The maximum Gasteiger partial charge on any atom is 0.455 e. The molecule has 210 valence electrons. The van der Waals surface area contributed by atoms with Crippen LogP contribution in [0.5, 0.6) is 5.75 Å². The average molecular weight is 537 g/mol. The number of carbonyl (C=O) groups is 3. The molecule has 0 unspecified atom stereocenters. The number of aromatic hydroxyl groups is 1. The van der Waals surface area contributed by atoms with Crippen molar-refractivity contribution >= 4 is 31.1 Å². The van der Waals surface area contributed by atoms with E-state index in [0.717, 1.165) is 54.2 Å². The van der Waals surface area contributed by atoms with Crippen molar-refractivity contribution in [2.75, 3.05) is 7.11 Å². The zero-order valence-corrected chi connectivity index (χ0v) is 23.8. The summed E-state index contributed by atoms with van der Waals surface area (Å²) in [5, 5.41) is 20.9. The maximum atomic E-state index is 13.4. The smallest absolute Gasteiger partial charge is 0.455 e. The van der Waals surface area contributed by atoms with E-state index in [9.17, 15) is 24.5 Å². The van der Waals surface area contributed by atoms with Gasteiger partial charge in [0, 0.05) is 0 Å². The minimum absolute atomic E-state index is 0.119. The number of imide groups is 3. The van der Waals surface area contributed by atoms with Gasteiger partial charge in [0.15, 0.2) is 0 Å². The van der Waals surface area contributed by atoms with E-state index in [0.29, 0.717) is 23.5 Å². The van der Waals surface area contributed by atoms with Crippen LogP contribution < -0.4 is 0 Å². The molecule has 2 fully saturated rings. The number of aryl methyl sites for hydroxylation is 2. The highest BCUT2D eigenvalue weighted by Crippen LogP contribution is 2.52. The van der Waals surface area contributed by atoms with Crippen molar-refractivity contribution in [3.63, 3.8) is 0 Å². The van der Waals surface area contributed by atoms with E-state index in [1.54, 1.807) is 0 Å². The zero-order chi connectivity index (χ0) is 28.6. The Morgan fingerprint density at radius 3 is 2.44 bits per heavy atom. The third kappa shape index (κ3) is 5.57. The molecule has 1 aromatic rings. The highest BCUT2D eigenvalue weighted by molar-refractivity contribution is 6.43. The fraction of sp³-hybridized carbons (Fsp3) is 0.567. The van der Waals surface area contributed by atoms with E-state index in [-0.39, 0.29) is 18.2 Å². The Hall–Kier alpha value is -2.91. The summed E-state index contributed by atoms with van der Waals surface area (Å²) in [5.74, 6) is -2.34. The van der Waals surface area contributed by atoms with Crippen molar-refractivity contribution in [3.05, 3.63) is 45.5 Å². The lowest BCUT2D eigenvalue weighted by Gasteiger charge is -2.44. The number of rotatable bonds is 7. The van der Waals surface area contributed by atoms with Gasteiger partial charge in [-0.15, -0.1) is 0 Å². The zero-order valence-electron chi connectivity index (χ0n) is 23.8. The molecule has 0 radical (unpaired) electrons. The summed E-state index contributed by atoms with van der Waals surface area (Å²) in [6.07, 6.45) is 4.67. The van der Waals surface area contributed by atoms with Gasteiger partial charge in [0.25, 0.3) is 0 Å². The monoisotopic (exact) mass is 537 g/mol. The van der Waals surface area contributed by atoms with E-state index < -0.39 is 43.0 Å². The molecule has 3 aliphatic rings. The number of phenolic OH excluding ortho intramolecular Hbond substituents is 1. The first-order chi connectivity index (χ1) is 18.5. The maximum absolute atomic E-state index is 13.4. The fourth-order valence-corrected chi connectivity index (χ4v) is 6.74. The molecule has 4 atom stereocenters. The van der Waals surface area contributed by atoms with Gasteiger partial charge in [-0.1, -0.05) is 44.4 Å². The summed E-state index contributed by atoms with van der Waals surface area (Å²) < 4.78 is 10.8. The van der Waals surface area contributed by atoms with Gasteiger partial charge in [0.1, 0.15) is 5.75 Å². The Morgan fingerprint density at radius 1 is 1.18 bits per heavy atom. The van der Waals surface area contributed by atoms with Gasteiger partial charge in [0.2, 0.25) is 11.8 Å². The molecule has 8 nitrogen and oxygen atoms in total. The number of allylic oxidation sites excluding steroid dienone is 2. The molecule has 39 heavy (non-hydrogen) atoms. The number of hydrogen-bond donors (Lipinski definition) is 2. The molecule has 0 spiro atoms. The summed E-state index contributed by atoms with van der Waals surface area (Å²) in [5.41, 5.74) is 6.03. The Labute approximate surface area is 231 Å². The molecular formula is C30H40BNO7. The summed E-state index contributed by atoms with van der Waals surface area (Å²) >= 11 is 0. The molecule has 1 aliphatic carbocycles. The molecule has 9 heteroatoms. The molecule has 3 amide bonds. The van der Waals surface area contributed by atoms with E-state index in [2.05, 4.69) is 26.8 Å². The van der Waals surface area contributed by atoms with E-state index in [4.69, 9.17) is 9.39 Å². The minimum atomic E-state index is -1.06. The second kappa shape index (κ2) is 11.7. The lowest BCUT2D eigenvalue weighted by molar-refractivity contribution is -0.137. The van der Waals surface area contributed by atoms with Crippen LogP contribution in [0.4, 0.5) is 4.79 Å². The number of ether oxygens (including phenoxy) is 1. The fourth-order valence-electron chi connectivity index (χ4n) is 6.74. The molecule has 0 saturated carbocycles. The number of carbonyl (C=O) groups excluding carboxylic acids is 3. The largest absolute Gasteiger partial charge is 0.507 e. The van der Waals surface area contributed by atoms with E-state index in [1.807, 2.05) is 26.0 Å². The van der Waals surface area contributed by atoms with Gasteiger partial charge in [-0.3, -0.25) is 9.59 Å². The lowest BCUT2D eigenvalue weighted by atomic mass is 9.57. The molecule has 2 N–H and O–H groups in total. The summed E-state index contributed by atoms with van der Waals surface area (Å²) in [4.78, 5) is 39.4. The van der Waals surface area contributed by atoms with Crippen molar-refractivity contribution in [2.24, 2.45) is 23.7 Å². The van der Waals surface area contributed by atoms with Crippen molar-refractivity contribution in [1.82, 2.24) is 4.90 Å². The number of nitrogens with zero attached hydrogens (tertiary/aromatic N) is 1. The van der Waals surface area contributed by atoms with Gasteiger partial charge in [0.05, 0.1) is 25.0 Å². The molecule has 0 bridgehead atoms. The summed E-state index contributed by atoms with van der Waals surface area (Å²) in [6.45, 7) is 10.1. The molecule has 0 aromatic heterocycles. The van der Waals surface area contributed by atoms with Gasteiger partial charge in [-0.2, -0.15) is 4.90 Å². The first kappa shape index (κ1) is 29.1. The van der Waals surface area contributed by atoms with Gasteiger partial charge in [-0.25, -0.2) is 4.79 Å². The Bertz CT molecular complexity index is 1200. The Kier molecular flexibility index (Phi) is 8.71. The molecule has 2 heterocycles.